The smallest absolute Gasteiger partial charge is 0.240 e. The van der Waals surface area contributed by atoms with Crippen molar-refractivity contribution in [3.05, 3.63) is 12.3 Å². The lowest BCUT2D eigenvalue weighted by molar-refractivity contribution is -0.189. The van der Waals surface area contributed by atoms with Gasteiger partial charge in [-0.05, 0) is 25.3 Å². The minimum absolute atomic E-state index is 0.265. The van der Waals surface area contributed by atoms with Crippen LogP contribution in [-0.4, -0.2) is 46.7 Å². The van der Waals surface area contributed by atoms with E-state index in [1.807, 2.05) is 12.3 Å². The van der Waals surface area contributed by atoms with Crippen LogP contribution in [0.2, 0.25) is 0 Å². The molecule has 2 N–H and O–H groups in total. The minimum atomic E-state index is -0.314. The number of hydrazine groups is 2. The molecule has 1 unspecified atom stereocenters. The molecule has 21 heavy (non-hydrogen) atoms. The Morgan fingerprint density at radius 3 is 2.14 bits per heavy atom. The Hall–Kier alpha value is -1.07. The second-order valence-electron chi connectivity index (χ2n) is 5.67. The lowest BCUT2D eigenvalue weighted by Gasteiger charge is -2.47. The fraction of sp³-hybridized carbons (Fsp3) is 0.812. The van der Waals surface area contributed by atoms with Gasteiger partial charge < -0.3 is 5.73 Å². The molecule has 0 aromatic carbocycles. The zero-order valence-corrected chi connectivity index (χ0v) is 13.9. The van der Waals surface area contributed by atoms with Crippen molar-refractivity contribution in [2.24, 2.45) is 5.73 Å². The van der Waals surface area contributed by atoms with Crippen LogP contribution in [0.4, 0.5) is 0 Å². The van der Waals surface area contributed by atoms with Gasteiger partial charge in [0.1, 0.15) is 6.04 Å². The molecule has 1 aliphatic rings. The molecule has 0 fully saturated rings. The van der Waals surface area contributed by atoms with Crippen LogP contribution in [0.5, 0.6) is 0 Å². The Morgan fingerprint density at radius 2 is 1.57 bits per heavy atom. The Kier molecular flexibility index (Phi) is 8.38. The highest BCUT2D eigenvalue weighted by molar-refractivity contribution is 5.81. The second-order valence-corrected chi connectivity index (χ2v) is 5.67. The van der Waals surface area contributed by atoms with E-state index in [0.717, 1.165) is 51.7 Å². The number of carbonyl (C=O) groups is 1. The van der Waals surface area contributed by atoms with Gasteiger partial charge in [-0.15, -0.1) is 0 Å². The van der Waals surface area contributed by atoms with Crippen molar-refractivity contribution in [3.63, 3.8) is 0 Å². The quantitative estimate of drug-likeness (QED) is 0.673. The van der Waals surface area contributed by atoms with Gasteiger partial charge in [0.2, 0.25) is 5.91 Å². The third-order valence-electron chi connectivity index (χ3n) is 3.84. The number of primary amides is 1. The number of nitrogens with zero attached hydrogens (tertiary/aromatic N) is 3. The molecular formula is C16H32N4O. The first-order valence-electron chi connectivity index (χ1n) is 8.43. The van der Waals surface area contributed by atoms with Crippen molar-refractivity contribution in [1.29, 1.82) is 0 Å². The number of unbranched alkanes of at least 4 members (excludes halogenated alkanes) is 3. The molecular weight excluding hydrogens is 264 g/mol. The van der Waals surface area contributed by atoms with E-state index >= 15 is 0 Å². The van der Waals surface area contributed by atoms with Gasteiger partial charge in [-0.3, -0.25) is 9.80 Å². The second kappa shape index (κ2) is 9.79. The Bertz CT molecular complexity index is 332. The van der Waals surface area contributed by atoms with Crippen molar-refractivity contribution in [1.82, 2.24) is 15.1 Å². The SMILES string of the molecule is CCCCN1C=CC(C(N)=O)N(CCCC)N1CCCC. The van der Waals surface area contributed by atoms with Crippen LogP contribution in [0.15, 0.2) is 12.3 Å². The van der Waals surface area contributed by atoms with Crippen LogP contribution in [0.1, 0.15) is 59.3 Å². The standard InChI is InChI=1S/C16H32N4O/c1-4-7-11-18-14-10-15(16(17)21)19(12-8-5-2)20(18)13-9-6-3/h10,14-15H,4-9,11-13H2,1-3H3,(H2,17,21). The maximum absolute atomic E-state index is 11.8. The summed E-state index contributed by atoms with van der Waals surface area (Å²) >= 11 is 0. The van der Waals surface area contributed by atoms with E-state index in [1.54, 1.807) is 0 Å². The van der Waals surface area contributed by atoms with Crippen LogP contribution in [0.25, 0.3) is 0 Å². The predicted octanol–water partition coefficient (Wildman–Crippen LogP) is 2.50. The third-order valence-corrected chi connectivity index (χ3v) is 3.84. The summed E-state index contributed by atoms with van der Waals surface area (Å²) < 4.78 is 0. The molecule has 5 heteroatoms. The molecule has 0 aromatic rings. The van der Waals surface area contributed by atoms with E-state index in [-0.39, 0.29) is 11.9 Å². The molecule has 0 spiro atoms. The summed E-state index contributed by atoms with van der Waals surface area (Å²) in [5.41, 5.74) is 5.59. The van der Waals surface area contributed by atoms with Gasteiger partial charge in [-0.2, -0.15) is 5.12 Å². The summed E-state index contributed by atoms with van der Waals surface area (Å²) in [4.78, 5) is 11.8. The predicted molar refractivity (Wildman–Crippen MR) is 87.0 cm³/mol. The van der Waals surface area contributed by atoms with Crippen LogP contribution in [0, 0.1) is 0 Å². The van der Waals surface area contributed by atoms with Crippen LogP contribution >= 0.6 is 0 Å². The third kappa shape index (κ3) is 5.32. The van der Waals surface area contributed by atoms with Gasteiger partial charge in [-0.1, -0.05) is 40.0 Å². The van der Waals surface area contributed by atoms with Crippen molar-refractivity contribution in [3.8, 4) is 0 Å². The van der Waals surface area contributed by atoms with Gasteiger partial charge in [0.05, 0.1) is 0 Å². The van der Waals surface area contributed by atoms with Gasteiger partial charge in [0.15, 0.2) is 0 Å². The van der Waals surface area contributed by atoms with Crippen molar-refractivity contribution >= 4 is 5.91 Å². The van der Waals surface area contributed by atoms with E-state index in [2.05, 4.69) is 35.9 Å². The molecule has 1 amide bonds. The van der Waals surface area contributed by atoms with Crippen molar-refractivity contribution in [2.45, 2.75) is 65.3 Å². The molecule has 122 valence electrons. The Labute approximate surface area is 129 Å². The van der Waals surface area contributed by atoms with E-state index in [4.69, 9.17) is 5.73 Å². The van der Waals surface area contributed by atoms with Crippen LogP contribution in [-0.2, 0) is 4.79 Å². The Balaban J connectivity index is 2.88. The highest BCUT2D eigenvalue weighted by Gasteiger charge is 2.32. The average molecular weight is 296 g/mol. The zero-order valence-electron chi connectivity index (χ0n) is 13.9. The molecule has 0 aromatic heterocycles. The van der Waals surface area contributed by atoms with Gasteiger partial charge in [-0.25, -0.2) is 5.01 Å². The van der Waals surface area contributed by atoms with E-state index < -0.39 is 0 Å². The van der Waals surface area contributed by atoms with E-state index in [1.165, 1.54) is 6.42 Å². The van der Waals surface area contributed by atoms with Crippen LogP contribution < -0.4 is 5.73 Å². The number of hydrogen-bond donors (Lipinski definition) is 1. The molecule has 0 saturated carbocycles. The summed E-state index contributed by atoms with van der Waals surface area (Å²) in [6, 6.07) is -0.314. The van der Waals surface area contributed by atoms with E-state index in [9.17, 15) is 4.79 Å². The van der Waals surface area contributed by atoms with Gasteiger partial charge in [0.25, 0.3) is 0 Å². The summed E-state index contributed by atoms with van der Waals surface area (Å²) in [6.45, 7) is 9.37. The summed E-state index contributed by atoms with van der Waals surface area (Å²) in [7, 11) is 0. The highest BCUT2D eigenvalue weighted by Crippen LogP contribution is 2.19. The highest BCUT2D eigenvalue weighted by atomic mass is 16.2. The lowest BCUT2D eigenvalue weighted by Crippen LogP contribution is -2.61. The fourth-order valence-electron chi connectivity index (χ4n) is 2.53. The number of rotatable bonds is 10. The van der Waals surface area contributed by atoms with Crippen LogP contribution in [0.3, 0.4) is 0 Å². The summed E-state index contributed by atoms with van der Waals surface area (Å²) in [6.07, 6.45) is 10.7. The maximum atomic E-state index is 11.8. The molecule has 0 radical (unpaired) electrons. The molecule has 0 bridgehead atoms. The molecule has 1 heterocycles. The number of amides is 1. The zero-order chi connectivity index (χ0) is 15.7. The Morgan fingerprint density at radius 1 is 1.00 bits per heavy atom. The topological polar surface area (TPSA) is 52.8 Å². The normalized spacial score (nSPS) is 20.1. The minimum Gasteiger partial charge on any atom is -0.368 e. The van der Waals surface area contributed by atoms with E-state index in [0.29, 0.717) is 0 Å². The molecule has 1 atom stereocenters. The van der Waals surface area contributed by atoms with Crippen molar-refractivity contribution < 1.29 is 4.79 Å². The number of carbonyl (C=O) groups excluding carboxylic acids is 1. The monoisotopic (exact) mass is 296 g/mol. The van der Waals surface area contributed by atoms with Gasteiger partial charge in [0, 0.05) is 25.8 Å². The summed E-state index contributed by atoms with van der Waals surface area (Å²) in [5.74, 6) is -0.265. The molecule has 0 saturated heterocycles. The molecule has 0 aliphatic carbocycles. The average Bonchev–Trinajstić information content (AvgIpc) is 2.48. The fourth-order valence-corrected chi connectivity index (χ4v) is 2.53. The molecule has 1 rings (SSSR count). The number of nitrogens with two attached hydrogens (primary N) is 1. The lowest BCUT2D eigenvalue weighted by atomic mass is 10.2. The molecule has 5 nitrogen and oxygen atoms in total. The first-order chi connectivity index (χ1) is 10.2. The summed E-state index contributed by atoms with van der Waals surface area (Å²) in [5, 5.41) is 6.63. The first kappa shape index (κ1) is 18.0. The number of hydrogen-bond acceptors (Lipinski definition) is 4. The first-order valence-corrected chi connectivity index (χ1v) is 8.43. The van der Waals surface area contributed by atoms with Crippen molar-refractivity contribution in [2.75, 3.05) is 19.6 Å². The maximum Gasteiger partial charge on any atom is 0.240 e. The van der Waals surface area contributed by atoms with Gasteiger partial charge >= 0.3 is 0 Å². The molecule has 1 aliphatic heterocycles. The largest absolute Gasteiger partial charge is 0.368 e.